The molecule has 11 heavy (non-hydrogen) atoms. The summed E-state index contributed by atoms with van der Waals surface area (Å²) in [6, 6.07) is -0.731. The second-order valence-electron chi connectivity index (χ2n) is 3.93. The fourth-order valence-electron chi connectivity index (χ4n) is 2.44. The third-order valence-corrected chi connectivity index (χ3v) is 3.40. The van der Waals surface area contributed by atoms with Gasteiger partial charge in [-0.3, -0.25) is 0 Å². The van der Waals surface area contributed by atoms with E-state index in [0.717, 1.165) is 0 Å². The van der Waals surface area contributed by atoms with Crippen LogP contribution in [-0.4, -0.2) is 29.2 Å². The molecule has 3 rings (SSSR count). The van der Waals surface area contributed by atoms with Gasteiger partial charge in [-0.2, -0.15) is 0 Å². The quantitative estimate of drug-likeness (QED) is 0.252. The van der Waals surface area contributed by atoms with Crippen molar-refractivity contribution in [2.45, 2.75) is 35.6 Å². The molecule has 3 aliphatic rings. The molecule has 0 aromatic heterocycles. The average Bonchev–Trinajstić information content (AvgIpc) is 2.20. The van der Waals surface area contributed by atoms with E-state index in [9.17, 15) is 0 Å². The van der Waals surface area contributed by atoms with Crippen LogP contribution in [0.15, 0.2) is 0 Å². The van der Waals surface area contributed by atoms with Crippen molar-refractivity contribution in [1.82, 2.24) is 0 Å². The summed E-state index contributed by atoms with van der Waals surface area (Å²) in [5.41, 5.74) is 28.1. The molecule has 4 unspecified atom stereocenters. The summed E-state index contributed by atoms with van der Waals surface area (Å²) in [4.78, 5) is 0. The van der Waals surface area contributed by atoms with Gasteiger partial charge in [-0.1, -0.05) is 0 Å². The number of hydrogen-bond acceptors (Lipinski definition) is 5. The highest BCUT2D eigenvalue weighted by Crippen LogP contribution is 2.49. The molecule has 5 nitrogen and oxygen atoms in total. The average molecular weight is 157 g/mol. The molecule has 3 fully saturated rings. The first-order valence-corrected chi connectivity index (χ1v) is 3.77. The molecule has 0 aromatic rings. The number of rotatable bonds is 0. The highest BCUT2D eigenvalue weighted by molar-refractivity contribution is 5.38. The van der Waals surface area contributed by atoms with Gasteiger partial charge in [0, 0.05) is 18.1 Å². The standard InChI is InChI=1S/C6H15N5/c7-2-3(8)6(11)1-5(2,10)4(6)9/h2-4H,1,7-11H2. The van der Waals surface area contributed by atoms with Crippen molar-refractivity contribution in [3.63, 3.8) is 0 Å². The molecule has 0 aromatic carbocycles. The Bertz CT molecular complexity index is 175. The van der Waals surface area contributed by atoms with Crippen LogP contribution in [0.25, 0.3) is 0 Å². The van der Waals surface area contributed by atoms with Crippen LogP contribution in [0, 0.1) is 0 Å². The van der Waals surface area contributed by atoms with Gasteiger partial charge in [-0.05, 0) is 6.42 Å². The van der Waals surface area contributed by atoms with Crippen molar-refractivity contribution in [2.75, 3.05) is 0 Å². The van der Waals surface area contributed by atoms with Crippen LogP contribution in [0.1, 0.15) is 6.42 Å². The van der Waals surface area contributed by atoms with Crippen LogP contribution < -0.4 is 28.7 Å². The maximum atomic E-state index is 5.90. The van der Waals surface area contributed by atoms with Gasteiger partial charge >= 0.3 is 0 Å². The van der Waals surface area contributed by atoms with Crippen LogP contribution in [0.4, 0.5) is 0 Å². The van der Waals surface area contributed by atoms with E-state index in [2.05, 4.69) is 0 Å². The molecule has 2 bridgehead atoms. The fourth-order valence-corrected chi connectivity index (χ4v) is 2.44. The van der Waals surface area contributed by atoms with Gasteiger partial charge in [0.2, 0.25) is 0 Å². The van der Waals surface area contributed by atoms with Gasteiger partial charge in [-0.25, -0.2) is 0 Å². The van der Waals surface area contributed by atoms with Gasteiger partial charge in [0.25, 0.3) is 0 Å². The monoisotopic (exact) mass is 157 g/mol. The highest BCUT2D eigenvalue weighted by Gasteiger charge is 2.72. The molecule has 0 saturated heterocycles. The summed E-state index contributed by atoms with van der Waals surface area (Å²) >= 11 is 0. The molecule has 0 radical (unpaired) electrons. The lowest BCUT2D eigenvalue weighted by Gasteiger charge is -2.50. The number of hydrogen-bond donors (Lipinski definition) is 5. The lowest BCUT2D eigenvalue weighted by atomic mass is 9.66. The van der Waals surface area contributed by atoms with E-state index in [-0.39, 0.29) is 18.1 Å². The molecule has 0 heterocycles. The van der Waals surface area contributed by atoms with Gasteiger partial charge in [0.1, 0.15) is 0 Å². The Morgan fingerprint density at radius 3 is 1.36 bits per heavy atom. The molecular formula is C6H15N5. The van der Waals surface area contributed by atoms with Crippen LogP contribution >= 0.6 is 0 Å². The molecule has 3 aliphatic carbocycles. The lowest BCUT2D eigenvalue weighted by molar-refractivity contribution is 0.146. The van der Waals surface area contributed by atoms with E-state index >= 15 is 0 Å². The molecule has 4 atom stereocenters. The zero-order valence-corrected chi connectivity index (χ0v) is 6.33. The normalized spacial score (nSPS) is 67.9. The third-order valence-electron chi connectivity index (χ3n) is 3.40. The minimum atomic E-state index is -0.506. The first-order chi connectivity index (χ1) is 4.93. The summed E-state index contributed by atoms with van der Waals surface area (Å²) in [6.07, 6.45) is 0.656. The second-order valence-corrected chi connectivity index (χ2v) is 3.93. The predicted octanol–water partition coefficient (Wildman–Crippen LogP) is -3.22. The number of fused-ring (bicyclic) bond motifs is 1. The highest BCUT2D eigenvalue weighted by atomic mass is 15.2. The summed E-state index contributed by atoms with van der Waals surface area (Å²) < 4.78 is 0. The largest absolute Gasteiger partial charge is 0.325 e. The Labute approximate surface area is 65.3 Å². The van der Waals surface area contributed by atoms with Crippen molar-refractivity contribution in [2.24, 2.45) is 28.7 Å². The van der Waals surface area contributed by atoms with E-state index < -0.39 is 11.1 Å². The zero-order chi connectivity index (χ0) is 8.44. The van der Waals surface area contributed by atoms with Crippen LogP contribution in [0.5, 0.6) is 0 Å². The van der Waals surface area contributed by atoms with Crippen molar-refractivity contribution < 1.29 is 0 Å². The minimum absolute atomic E-state index is 0.236. The first-order valence-electron chi connectivity index (χ1n) is 3.77. The Morgan fingerprint density at radius 2 is 1.27 bits per heavy atom. The Kier molecular flexibility index (Phi) is 1.08. The third kappa shape index (κ3) is 0.522. The van der Waals surface area contributed by atoms with Gasteiger partial charge in [-0.15, -0.1) is 0 Å². The first kappa shape index (κ1) is 7.45. The van der Waals surface area contributed by atoms with E-state index in [1.165, 1.54) is 0 Å². The van der Waals surface area contributed by atoms with Crippen molar-refractivity contribution in [1.29, 1.82) is 0 Å². The maximum absolute atomic E-state index is 5.90. The molecule has 0 aliphatic heterocycles. The summed E-state index contributed by atoms with van der Waals surface area (Å²) in [6.45, 7) is 0. The maximum Gasteiger partial charge on any atom is 0.0514 e. The lowest BCUT2D eigenvalue weighted by Crippen LogP contribution is -2.78. The van der Waals surface area contributed by atoms with Crippen LogP contribution in [0.3, 0.4) is 0 Å². The second kappa shape index (κ2) is 1.60. The molecule has 10 N–H and O–H groups in total. The van der Waals surface area contributed by atoms with Gasteiger partial charge in [0.15, 0.2) is 0 Å². The van der Waals surface area contributed by atoms with E-state index in [1.807, 2.05) is 0 Å². The topological polar surface area (TPSA) is 130 Å². The zero-order valence-electron chi connectivity index (χ0n) is 6.33. The van der Waals surface area contributed by atoms with E-state index in [1.54, 1.807) is 0 Å². The molecule has 5 heteroatoms. The summed E-state index contributed by atoms with van der Waals surface area (Å²) in [5.74, 6) is 0. The van der Waals surface area contributed by atoms with E-state index in [4.69, 9.17) is 28.7 Å². The molecular weight excluding hydrogens is 142 g/mol. The Hall–Kier alpha value is -0.200. The molecule has 3 saturated carbocycles. The number of nitrogens with two attached hydrogens (primary N) is 5. The molecule has 0 spiro atoms. The smallest absolute Gasteiger partial charge is 0.0514 e. The van der Waals surface area contributed by atoms with E-state index in [0.29, 0.717) is 6.42 Å². The molecule has 0 amide bonds. The van der Waals surface area contributed by atoms with Crippen molar-refractivity contribution in [3.8, 4) is 0 Å². The van der Waals surface area contributed by atoms with Gasteiger partial charge < -0.3 is 28.7 Å². The van der Waals surface area contributed by atoms with Crippen LogP contribution in [-0.2, 0) is 0 Å². The van der Waals surface area contributed by atoms with Gasteiger partial charge in [0.05, 0.1) is 11.1 Å². The fraction of sp³-hybridized carbons (Fsp3) is 1.00. The summed E-state index contributed by atoms with van der Waals surface area (Å²) in [7, 11) is 0. The van der Waals surface area contributed by atoms with Crippen molar-refractivity contribution >= 4 is 0 Å². The molecule has 64 valence electrons. The predicted molar refractivity (Wildman–Crippen MR) is 42.4 cm³/mol. The Morgan fingerprint density at radius 1 is 0.909 bits per heavy atom. The minimum Gasteiger partial charge on any atom is -0.325 e. The summed E-state index contributed by atoms with van der Waals surface area (Å²) in [5, 5.41) is 0. The SMILES string of the molecule is NC1C(N)C2(N)CC1(N)C2N. The van der Waals surface area contributed by atoms with Crippen molar-refractivity contribution in [3.05, 3.63) is 0 Å². The Balaban J connectivity index is 2.37. The van der Waals surface area contributed by atoms with Crippen LogP contribution in [0.2, 0.25) is 0 Å².